The van der Waals surface area contributed by atoms with Crippen LogP contribution in [-0.2, 0) is 4.74 Å². The summed E-state index contributed by atoms with van der Waals surface area (Å²) in [5, 5.41) is 0. The van der Waals surface area contributed by atoms with Crippen LogP contribution >= 0.6 is 0 Å². The van der Waals surface area contributed by atoms with Crippen LogP contribution in [0, 0.1) is 0 Å². The molecular formula is C11H24N2O. The summed E-state index contributed by atoms with van der Waals surface area (Å²) in [6.07, 6.45) is 2.11. The van der Waals surface area contributed by atoms with Gasteiger partial charge in [0.1, 0.15) is 0 Å². The molecule has 14 heavy (non-hydrogen) atoms. The molecule has 2 atom stereocenters. The number of nitrogens with two attached hydrogens (primary N) is 1. The van der Waals surface area contributed by atoms with E-state index in [4.69, 9.17) is 10.5 Å². The lowest BCUT2D eigenvalue weighted by atomic mass is 9.94. The molecule has 2 N–H and O–H groups in total. The summed E-state index contributed by atoms with van der Waals surface area (Å²) < 4.78 is 5.49. The van der Waals surface area contributed by atoms with Crippen molar-refractivity contribution >= 4 is 0 Å². The van der Waals surface area contributed by atoms with E-state index < -0.39 is 0 Å². The lowest BCUT2D eigenvalue weighted by Crippen LogP contribution is -2.58. The van der Waals surface area contributed by atoms with Gasteiger partial charge in [0.15, 0.2) is 0 Å². The highest BCUT2D eigenvalue weighted by molar-refractivity contribution is 4.90. The maximum Gasteiger partial charge on any atom is 0.0637 e. The predicted octanol–water partition coefficient (Wildman–Crippen LogP) is 1.22. The molecule has 3 heteroatoms. The normalized spacial score (nSPS) is 29.6. The molecular weight excluding hydrogens is 176 g/mol. The first-order valence-electron chi connectivity index (χ1n) is 5.55. The molecule has 3 nitrogen and oxygen atoms in total. The van der Waals surface area contributed by atoms with Crippen LogP contribution in [0.1, 0.15) is 33.6 Å². The highest BCUT2D eigenvalue weighted by Gasteiger charge is 2.33. The highest BCUT2D eigenvalue weighted by atomic mass is 16.5. The first kappa shape index (κ1) is 12.0. The van der Waals surface area contributed by atoms with Gasteiger partial charge in [0, 0.05) is 24.2 Å². The molecule has 1 rings (SSSR count). The Balaban J connectivity index is 2.62. The predicted molar refractivity (Wildman–Crippen MR) is 59.3 cm³/mol. The zero-order chi connectivity index (χ0) is 10.8. The quantitative estimate of drug-likeness (QED) is 0.744. The van der Waals surface area contributed by atoms with Crippen LogP contribution in [0.3, 0.4) is 0 Å². The molecule has 0 amide bonds. The summed E-state index contributed by atoms with van der Waals surface area (Å²) in [6.45, 7) is 8.33. The van der Waals surface area contributed by atoms with Crippen molar-refractivity contribution < 1.29 is 4.74 Å². The van der Waals surface area contributed by atoms with E-state index in [1.165, 1.54) is 0 Å². The topological polar surface area (TPSA) is 38.5 Å². The molecule has 1 heterocycles. The average Bonchev–Trinajstić information content (AvgIpc) is 2.17. The number of hydrogen-bond donors (Lipinski definition) is 1. The van der Waals surface area contributed by atoms with Crippen LogP contribution in [0.4, 0.5) is 0 Å². The van der Waals surface area contributed by atoms with E-state index in [0.29, 0.717) is 6.04 Å². The first-order valence-corrected chi connectivity index (χ1v) is 5.55. The van der Waals surface area contributed by atoms with Gasteiger partial charge in [-0.2, -0.15) is 0 Å². The Labute approximate surface area is 87.6 Å². The SMILES string of the molecule is CCC(C)(C)N(C)C1COCCC1N. The summed E-state index contributed by atoms with van der Waals surface area (Å²) in [6, 6.07) is 0.637. The fourth-order valence-electron chi connectivity index (χ4n) is 1.84. The lowest BCUT2D eigenvalue weighted by molar-refractivity contribution is -0.0212. The Kier molecular flexibility index (Phi) is 3.93. The molecule has 1 aliphatic rings. The van der Waals surface area contributed by atoms with Crippen LogP contribution in [0.2, 0.25) is 0 Å². The van der Waals surface area contributed by atoms with Crippen LogP contribution in [0.25, 0.3) is 0 Å². The minimum absolute atomic E-state index is 0.211. The number of likely N-dealkylation sites (N-methyl/N-ethyl adjacent to an activating group) is 1. The van der Waals surface area contributed by atoms with Crippen molar-refractivity contribution in [3.63, 3.8) is 0 Å². The standard InChI is InChI=1S/C11H24N2O/c1-5-11(2,3)13(4)10-8-14-7-6-9(10)12/h9-10H,5-8,12H2,1-4H3. The Morgan fingerprint density at radius 3 is 2.64 bits per heavy atom. The first-order chi connectivity index (χ1) is 6.49. The molecule has 0 aliphatic carbocycles. The molecule has 0 aromatic rings. The number of ether oxygens (including phenoxy) is 1. The Bertz CT molecular complexity index is 182. The van der Waals surface area contributed by atoms with Crippen molar-refractivity contribution in [1.29, 1.82) is 0 Å². The van der Waals surface area contributed by atoms with Gasteiger partial charge in [-0.25, -0.2) is 0 Å². The van der Waals surface area contributed by atoms with Gasteiger partial charge in [-0.15, -0.1) is 0 Å². The van der Waals surface area contributed by atoms with Gasteiger partial charge in [0.25, 0.3) is 0 Å². The monoisotopic (exact) mass is 200 g/mol. The number of nitrogens with zero attached hydrogens (tertiary/aromatic N) is 1. The molecule has 2 unspecified atom stereocenters. The molecule has 0 bridgehead atoms. The summed E-state index contributed by atoms with van der Waals surface area (Å²) in [7, 11) is 2.16. The number of rotatable bonds is 3. The van der Waals surface area contributed by atoms with Gasteiger partial charge >= 0.3 is 0 Å². The zero-order valence-electron chi connectivity index (χ0n) is 9.92. The van der Waals surface area contributed by atoms with E-state index in [0.717, 1.165) is 26.1 Å². The van der Waals surface area contributed by atoms with Crippen molar-refractivity contribution in [3.05, 3.63) is 0 Å². The molecule has 0 radical (unpaired) electrons. The van der Waals surface area contributed by atoms with E-state index in [1.54, 1.807) is 0 Å². The summed E-state index contributed by atoms with van der Waals surface area (Å²) >= 11 is 0. The second-order valence-corrected chi connectivity index (χ2v) is 4.87. The van der Waals surface area contributed by atoms with E-state index in [2.05, 4.69) is 32.7 Å². The van der Waals surface area contributed by atoms with Crippen molar-refractivity contribution in [2.24, 2.45) is 5.73 Å². The van der Waals surface area contributed by atoms with Gasteiger partial charge in [-0.05, 0) is 33.7 Å². The Morgan fingerprint density at radius 1 is 1.50 bits per heavy atom. The highest BCUT2D eigenvalue weighted by Crippen LogP contribution is 2.23. The van der Waals surface area contributed by atoms with E-state index in [9.17, 15) is 0 Å². The van der Waals surface area contributed by atoms with Gasteiger partial charge in [-0.1, -0.05) is 6.92 Å². The van der Waals surface area contributed by atoms with E-state index in [-0.39, 0.29) is 11.6 Å². The molecule has 0 saturated carbocycles. The summed E-state index contributed by atoms with van der Waals surface area (Å²) in [5.41, 5.74) is 6.32. The van der Waals surface area contributed by atoms with Crippen molar-refractivity contribution in [1.82, 2.24) is 4.90 Å². The molecule has 0 aromatic carbocycles. The molecule has 1 saturated heterocycles. The maximum atomic E-state index is 6.11. The molecule has 1 aliphatic heterocycles. The Morgan fingerprint density at radius 2 is 2.14 bits per heavy atom. The molecule has 1 fully saturated rings. The third-order valence-corrected chi connectivity index (χ3v) is 3.70. The molecule has 0 spiro atoms. The van der Waals surface area contributed by atoms with Crippen LogP contribution in [-0.4, -0.2) is 42.8 Å². The van der Waals surface area contributed by atoms with Crippen molar-refractivity contribution in [2.75, 3.05) is 20.3 Å². The third-order valence-electron chi connectivity index (χ3n) is 3.70. The number of hydrogen-bond acceptors (Lipinski definition) is 3. The fraction of sp³-hybridized carbons (Fsp3) is 1.00. The van der Waals surface area contributed by atoms with Crippen molar-refractivity contribution in [3.8, 4) is 0 Å². The van der Waals surface area contributed by atoms with Gasteiger partial charge in [-0.3, -0.25) is 4.90 Å². The fourth-order valence-corrected chi connectivity index (χ4v) is 1.84. The molecule has 84 valence electrons. The maximum absolute atomic E-state index is 6.11. The molecule has 0 aromatic heterocycles. The summed E-state index contributed by atoms with van der Waals surface area (Å²) in [4.78, 5) is 2.37. The summed E-state index contributed by atoms with van der Waals surface area (Å²) in [5.74, 6) is 0. The van der Waals surface area contributed by atoms with Gasteiger partial charge in [0.05, 0.1) is 6.61 Å². The van der Waals surface area contributed by atoms with Crippen LogP contribution < -0.4 is 5.73 Å². The van der Waals surface area contributed by atoms with Crippen molar-refractivity contribution in [2.45, 2.75) is 51.2 Å². The second kappa shape index (κ2) is 4.60. The average molecular weight is 200 g/mol. The zero-order valence-corrected chi connectivity index (χ0v) is 9.92. The third kappa shape index (κ3) is 2.47. The second-order valence-electron chi connectivity index (χ2n) is 4.87. The van der Waals surface area contributed by atoms with E-state index >= 15 is 0 Å². The van der Waals surface area contributed by atoms with Gasteiger partial charge < -0.3 is 10.5 Å². The van der Waals surface area contributed by atoms with Gasteiger partial charge in [0.2, 0.25) is 0 Å². The Hall–Kier alpha value is -0.120. The lowest BCUT2D eigenvalue weighted by Gasteiger charge is -2.44. The minimum atomic E-state index is 0.211. The van der Waals surface area contributed by atoms with Crippen LogP contribution in [0.5, 0.6) is 0 Å². The smallest absolute Gasteiger partial charge is 0.0637 e. The largest absolute Gasteiger partial charge is 0.380 e. The van der Waals surface area contributed by atoms with Crippen LogP contribution in [0.15, 0.2) is 0 Å². The minimum Gasteiger partial charge on any atom is -0.380 e. The van der Waals surface area contributed by atoms with E-state index in [1.807, 2.05) is 0 Å².